The van der Waals surface area contributed by atoms with Gasteiger partial charge in [0.2, 0.25) is 11.8 Å². The Balaban J connectivity index is 1.89. The number of benzene rings is 2. The van der Waals surface area contributed by atoms with E-state index in [0.29, 0.717) is 11.5 Å². The second kappa shape index (κ2) is 6.63. The molecule has 116 valence electrons. The molecule has 5 nitrogen and oxygen atoms in total. The van der Waals surface area contributed by atoms with Crippen LogP contribution in [0.3, 0.4) is 0 Å². The maximum Gasteiger partial charge on any atom is 0.227 e. The summed E-state index contributed by atoms with van der Waals surface area (Å²) in [6.07, 6.45) is 0. The van der Waals surface area contributed by atoms with E-state index < -0.39 is 0 Å². The highest BCUT2D eigenvalue weighted by atomic mass is 127. The number of carbonyl (C=O) groups is 1. The van der Waals surface area contributed by atoms with Crippen molar-refractivity contribution in [2.45, 2.75) is 6.92 Å². The molecule has 0 saturated heterocycles. The van der Waals surface area contributed by atoms with Crippen LogP contribution in [0.4, 0.5) is 5.69 Å². The molecule has 7 heteroatoms. The Labute approximate surface area is 151 Å². The minimum Gasteiger partial charge on any atom is -0.436 e. The van der Waals surface area contributed by atoms with Crippen LogP contribution in [-0.4, -0.2) is 16.0 Å². The first-order chi connectivity index (χ1) is 11.0. The fraction of sp³-hybridized carbons (Fsp3) is 0.0625. The molecule has 0 fully saturated rings. The van der Waals surface area contributed by atoms with E-state index >= 15 is 0 Å². The average molecular weight is 437 g/mol. The molecule has 0 aliphatic rings. The van der Waals surface area contributed by atoms with Gasteiger partial charge in [0.1, 0.15) is 5.52 Å². The topological polar surface area (TPSA) is 67.2 Å². The third-order valence-electron chi connectivity index (χ3n) is 3.01. The number of halogens is 1. The number of nitrogens with zero attached hydrogens (tertiary/aromatic N) is 1. The molecule has 0 bridgehead atoms. The van der Waals surface area contributed by atoms with E-state index in [2.05, 4.69) is 38.2 Å². The Kier molecular flexibility index (Phi) is 4.58. The Bertz CT molecular complexity index is 907. The minimum atomic E-state index is -0.217. The van der Waals surface area contributed by atoms with Gasteiger partial charge in [-0.1, -0.05) is 6.07 Å². The average Bonchev–Trinajstić information content (AvgIpc) is 2.89. The lowest BCUT2D eigenvalue weighted by molar-refractivity contribution is -0.117. The fourth-order valence-corrected chi connectivity index (χ4v) is 2.88. The van der Waals surface area contributed by atoms with Crippen LogP contribution in [0.5, 0.6) is 0 Å². The third kappa shape index (κ3) is 3.85. The van der Waals surface area contributed by atoms with E-state index in [1.54, 1.807) is 0 Å². The molecule has 23 heavy (non-hydrogen) atoms. The van der Waals surface area contributed by atoms with Gasteiger partial charge < -0.3 is 15.1 Å². The van der Waals surface area contributed by atoms with Crippen molar-refractivity contribution in [1.29, 1.82) is 0 Å². The zero-order valence-electron chi connectivity index (χ0n) is 12.1. The van der Waals surface area contributed by atoms with E-state index in [4.69, 9.17) is 16.6 Å². The van der Waals surface area contributed by atoms with E-state index in [9.17, 15) is 4.79 Å². The van der Waals surface area contributed by atoms with Gasteiger partial charge in [0, 0.05) is 21.7 Å². The number of anilines is 1. The maximum absolute atomic E-state index is 11.0. The largest absolute Gasteiger partial charge is 0.436 e. The lowest BCUT2D eigenvalue weighted by Gasteiger charge is -2.07. The van der Waals surface area contributed by atoms with Gasteiger partial charge in [-0.25, -0.2) is 4.98 Å². The van der Waals surface area contributed by atoms with Crippen LogP contribution in [0.1, 0.15) is 6.92 Å². The molecule has 2 N–H and O–H groups in total. The van der Waals surface area contributed by atoms with Crippen molar-refractivity contribution in [2.24, 2.45) is 0 Å². The van der Waals surface area contributed by atoms with Crippen molar-refractivity contribution in [3.8, 4) is 11.5 Å². The Morgan fingerprint density at radius 3 is 2.83 bits per heavy atom. The van der Waals surface area contributed by atoms with Crippen LogP contribution < -0.4 is 10.6 Å². The highest BCUT2D eigenvalue weighted by Gasteiger charge is 2.09. The van der Waals surface area contributed by atoms with Gasteiger partial charge in [-0.3, -0.25) is 4.79 Å². The summed E-state index contributed by atoms with van der Waals surface area (Å²) in [6.45, 7) is 1.41. The van der Waals surface area contributed by atoms with Crippen LogP contribution in [-0.2, 0) is 4.79 Å². The number of hydrogen-bond acceptors (Lipinski definition) is 4. The second-order valence-electron chi connectivity index (χ2n) is 4.85. The summed E-state index contributed by atoms with van der Waals surface area (Å²) in [4.78, 5) is 15.5. The van der Waals surface area contributed by atoms with Crippen LogP contribution in [0, 0.1) is 3.57 Å². The summed E-state index contributed by atoms with van der Waals surface area (Å²) < 4.78 is 6.90. The number of oxazole rings is 1. The molecule has 0 radical (unpaired) electrons. The monoisotopic (exact) mass is 437 g/mol. The SMILES string of the molecule is CC(=O)NC(=S)Nc1ccc2oc(-c3cccc(I)c3)nc2c1. The third-order valence-corrected chi connectivity index (χ3v) is 3.88. The van der Waals surface area contributed by atoms with Crippen LogP contribution in [0.25, 0.3) is 22.6 Å². The van der Waals surface area contributed by atoms with E-state index in [1.807, 2.05) is 42.5 Å². The number of amides is 1. The smallest absolute Gasteiger partial charge is 0.227 e. The summed E-state index contributed by atoms with van der Waals surface area (Å²) in [6, 6.07) is 13.4. The number of hydrogen-bond donors (Lipinski definition) is 2. The molecule has 3 rings (SSSR count). The lowest BCUT2D eigenvalue weighted by atomic mass is 10.2. The zero-order chi connectivity index (χ0) is 16.4. The van der Waals surface area contributed by atoms with Crippen molar-refractivity contribution < 1.29 is 9.21 Å². The van der Waals surface area contributed by atoms with Crippen molar-refractivity contribution >= 4 is 62.6 Å². The molecule has 1 heterocycles. The number of rotatable bonds is 2. The summed E-state index contributed by atoms with van der Waals surface area (Å²) in [5.74, 6) is 0.353. The van der Waals surface area contributed by atoms with E-state index in [-0.39, 0.29) is 11.0 Å². The fourth-order valence-electron chi connectivity index (χ4n) is 2.07. The quantitative estimate of drug-likeness (QED) is 0.470. The molecule has 0 aliphatic heterocycles. The summed E-state index contributed by atoms with van der Waals surface area (Å²) in [7, 11) is 0. The van der Waals surface area contributed by atoms with Crippen molar-refractivity contribution in [1.82, 2.24) is 10.3 Å². The van der Waals surface area contributed by atoms with Crippen LogP contribution >= 0.6 is 34.8 Å². The molecule has 0 unspecified atom stereocenters. The summed E-state index contributed by atoms with van der Waals surface area (Å²) in [5.41, 5.74) is 3.07. The van der Waals surface area contributed by atoms with Crippen LogP contribution in [0.15, 0.2) is 46.9 Å². The van der Waals surface area contributed by atoms with E-state index in [0.717, 1.165) is 20.3 Å². The Morgan fingerprint density at radius 1 is 1.26 bits per heavy atom. The molecular formula is C16H12IN3O2S. The first-order valence-corrected chi connectivity index (χ1v) is 8.25. The number of carbonyl (C=O) groups excluding carboxylic acids is 1. The molecular weight excluding hydrogens is 425 g/mol. The number of aromatic nitrogens is 1. The standard InChI is InChI=1S/C16H12IN3O2S/c1-9(21)18-16(23)19-12-5-6-14-13(8-12)20-15(22-14)10-3-2-4-11(17)7-10/h2-8H,1H3,(H2,18,19,21,23). The van der Waals surface area contributed by atoms with Gasteiger partial charge in [0.05, 0.1) is 0 Å². The number of thiocarbonyl (C=S) groups is 1. The van der Waals surface area contributed by atoms with E-state index in [1.165, 1.54) is 6.92 Å². The molecule has 1 amide bonds. The normalized spacial score (nSPS) is 10.5. The number of nitrogens with one attached hydrogen (secondary N) is 2. The van der Waals surface area contributed by atoms with Crippen molar-refractivity contribution in [2.75, 3.05) is 5.32 Å². The Hall–Kier alpha value is -2.00. The first kappa shape index (κ1) is 15.9. The molecule has 0 aliphatic carbocycles. The van der Waals surface area contributed by atoms with Gasteiger partial charge in [0.15, 0.2) is 10.7 Å². The van der Waals surface area contributed by atoms with Crippen molar-refractivity contribution in [3.05, 3.63) is 46.0 Å². The first-order valence-electron chi connectivity index (χ1n) is 6.76. The lowest BCUT2D eigenvalue weighted by Crippen LogP contribution is -2.32. The van der Waals surface area contributed by atoms with Gasteiger partial charge in [-0.2, -0.15) is 0 Å². The summed E-state index contributed by atoms with van der Waals surface area (Å²) >= 11 is 7.29. The molecule has 1 aromatic heterocycles. The number of fused-ring (bicyclic) bond motifs is 1. The van der Waals surface area contributed by atoms with Gasteiger partial charge in [0.25, 0.3) is 0 Å². The van der Waals surface area contributed by atoms with Crippen molar-refractivity contribution in [3.63, 3.8) is 0 Å². The van der Waals surface area contributed by atoms with Gasteiger partial charge in [-0.15, -0.1) is 0 Å². The highest BCUT2D eigenvalue weighted by Crippen LogP contribution is 2.27. The molecule has 2 aromatic carbocycles. The van der Waals surface area contributed by atoms with Gasteiger partial charge >= 0.3 is 0 Å². The molecule has 0 atom stereocenters. The predicted octanol–water partition coefficient (Wildman–Crippen LogP) is 3.93. The summed E-state index contributed by atoms with van der Waals surface area (Å²) in [5, 5.41) is 5.70. The van der Waals surface area contributed by atoms with Gasteiger partial charge in [-0.05, 0) is 71.2 Å². The Morgan fingerprint density at radius 2 is 2.09 bits per heavy atom. The highest BCUT2D eigenvalue weighted by molar-refractivity contribution is 14.1. The van der Waals surface area contributed by atoms with Crippen LogP contribution in [0.2, 0.25) is 0 Å². The maximum atomic E-state index is 11.0. The molecule has 0 spiro atoms. The minimum absolute atomic E-state index is 0.217. The molecule has 3 aromatic rings. The zero-order valence-corrected chi connectivity index (χ0v) is 15.1. The second-order valence-corrected chi connectivity index (χ2v) is 6.50. The predicted molar refractivity (Wildman–Crippen MR) is 102 cm³/mol. The molecule has 0 saturated carbocycles.